The summed E-state index contributed by atoms with van der Waals surface area (Å²) in [6.07, 6.45) is 4.05. The predicted molar refractivity (Wildman–Crippen MR) is 97.3 cm³/mol. The third-order valence-electron chi connectivity index (χ3n) is 4.62. The van der Waals surface area contributed by atoms with Crippen LogP contribution >= 0.6 is 23.5 Å². The molecule has 5 heteroatoms. The lowest BCUT2D eigenvalue weighted by molar-refractivity contribution is -0.122. The molecule has 2 unspecified atom stereocenters. The first kappa shape index (κ1) is 16.2. The van der Waals surface area contributed by atoms with Crippen LogP contribution in [0.5, 0.6) is 0 Å². The van der Waals surface area contributed by atoms with Crippen LogP contribution in [0.25, 0.3) is 0 Å². The second-order valence-corrected chi connectivity index (χ2v) is 9.22. The van der Waals surface area contributed by atoms with Crippen molar-refractivity contribution in [1.29, 1.82) is 0 Å². The fourth-order valence-electron chi connectivity index (χ4n) is 3.33. The number of carbonyl (C=O) groups is 1. The van der Waals surface area contributed by atoms with Gasteiger partial charge in [-0.1, -0.05) is 25.0 Å². The number of hydrogen-bond acceptors (Lipinski definition) is 4. The van der Waals surface area contributed by atoms with Crippen LogP contribution in [0.3, 0.4) is 0 Å². The Hall–Kier alpha value is -0.650. The largest absolute Gasteiger partial charge is 0.326 e. The van der Waals surface area contributed by atoms with E-state index in [2.05, 4.69) is 17.4 Å². The topological polar surface area (TPSA) is 55.1 Å². The number of benzene rings is 1. The van der Waals surface area contributed by atoms with E-state index < -0.39 is 0 Å². The van der Waals surface area contributed by atoms with Crippen molar-refractivity contribution in [3.05, 3.63) is 29.8 Å². The molecule has 2 aliphatic rings. The zero-order valence-corrected chi connectivity index (χ0v) is 14.6. The molecule has 3 rings (SSSR count). The number of rotatable bonds is 3. The molecule has 3 nitrogen and oxygen atoms in total. The highest BCUT2D eigenvalue weighted by Crippen LogP contribution is 2.45. The number of nitrogens with one attached hydrogen (secondary N) is 1. The SMILES string of the molecule is CC1(N)CCCCC1C(=O)Nc1cccc(C2SCCS2)c1. The molecule has 2 fully saturated rings. The van der Waals surface area contributed by atoms with Gasteiger partial charge in [0.1, 0.15) is 0 Å². The van der Waals surface area contributed by atoms with Crippen LogP contribution in [-0.2, 0) is 4.79 Å². The van der Waals surface area contributed by atoms with Crippen LogP contribution in [0.1, 0.15) is 42.8 Å². The standard InChI is InChI=1S/C17H24N2OS2/c1-17(18)8-3-2-7-14(17)15(20)19-13-6-4-5-12(11-13)16-21-9-10-22-16/h4-6,11,14,16H,2-3,7-10,18H2,1H3,(H,19,20). The Balaban J connectivity index is 1.69. The summed E-state index contributed by atoms with van der Waals surface area (Å²) in [5.41, 5.74) is 8.16. The summed E-state index contributed by atoms with van der Waals surface area (Å²) in [4.78, 5) is 12.6. The molecule has 0 radical (unpaired) electrons. The lowest BCUT2D eigenvalue weighted by Crippen LogP contribution is -2.51. The molecule has 3 N–H and O–H groups in total. The van der Waals surface area contributed by atoms with Gasteiger partial charge in [0, 0.05) is 22.7 Å². The van der Waals surface area contributed by atoms with Crippen molar-refractivity contribution in [3.8, 4) is 0 Å². The Morgan fingerprint density at radius 3 is 2.82 bits per heavy atom. The minimum atomic E-state index is -0.378. The molecular weight excluding hydrogens is 312 g/mol. The zero-order chi connectivity index (χ0) is 15.6. The van der Waals surface area contributed by atoms with Crippen molar-refractivity contribution < 1.29 is 4.79 Å². The first-order valence-electron chi connectivity index (χ1n) is 7.99. The highest BCUT2D eigenvalue weighted by molar-refractivity contribution is 8.19. The molecule has 1 aromatic carbocycles. The van der Waals surface area contributed by atoms with Gasteiger partial charge in [0.2, 0.25) is 5.91 Å². The highest BCUT2D eigenvalue weighted by Gasteiger charge is 2.37. The van der Waals surface area contributed by atoms with Crippen molar-refractivity contribution in [3.63, 3.8) is 0 Å². The maximum atomic E-state index is 12.6. The minimum Gasteiger partial charge on any atom is -0.326 e. The van der Waals surface area contributed by atoms with E-state index in [1.165, 1.54) is 17.1 Å². The highest BCUT2D eigenvalue weighted by atomic mass is 32.2. The maximum Gasteiger partial charge on any atom is 0.229 e. The van der Waals surface area contributed by atoms with Crippen LogP contribution in [0.15, 0.2) is 24.3 Å². The molecule has 1 saturated heterocycles. The minimum absolute atomic E-state index is 0.0774. The molecule has 22 heavy (non-hydrogen) atoms. The molecule has 1 aliphatic heterocycles. The fourth-order valence-corrected chi connectivity index (χ4v) is 6.17. The molecule has 1 amide bonds. The van der Waals surface area contributed by atoms with E-state index in [1.807, 2.05) is 42.6 Å². The summed E-state index contributed by atoms with van der Waals surface area (Å²) in [6, 6.07) is 8.28. The molecule has 0 aromatic heterocycles. The second-order valence-electron chi connectivity index (χ2n) is 6.49. The van der Waals surface area contributed by atoms with E-state index in [4.69, 9.17) is 5.73 Å². The first-order chi connectivity index (χ1) is 10.6. The molecule has 0 spiro atoms. The van der Waals surface area contributed by atoms with Crippen molar-refractivity contribution >= 4 is 35.1 Å². The van der Waals surface area contributed by atoms with E-state index in [0.717, 1.165) is 31.4 Å². The molecule has 120 valence electrons. The second kappa shape index (κ2) is 6.85. The Kier molecular flexibility index (Phi) is 5.05. The monoisotopic (exact) mass is 336 g/mol. The van der Waals surface area contributed by atoms with Gasteiger partial charge in [-0.15, -0.1) is 23.5 Å². The van der Waals surface area contributed by atoms with Gasteiger partial charge >= 0.3 is 0 Å². The van der Waals surface area contributed by atoms with Crippen LogP contribution in [0.4, 0.5) is 5.69 Å². The molecule has 1 saturated carbocycles. The van der Waals surface area contributed by atoms with Crippen molar-refractivity contribution in [2.24, 2.45) is 11.7 Å². The smallest absolute Gasteiger partial charge is 0.229 e. The van der Waals surface area contributed by atoms with Crippen molar-refractivity contribution in [2.45, 2.75) is 42.7 Å². The van der Waals surface area contributed by atoms with E-state index >= 15 is 0 Å². The van der Waals surface area contributed by atoms with Crippen molar-refractivity contribution in [2.75, 3.05) is 16.8 Å². The molecule has 1 aromatic rings. The molecule has 0 bridgehead atoms. The zero-order valence-electron chi connectivity index (χ0n) is 13.0. The van der Waals surface area contributed by atoms with Gasteiger partial charge in [-0.2, -0.15) is 0 Å². The fraction of sp³-hybridized carbons (Fsp3) is 0.588. The normalized spacial score (nSPS) is 29.5. The van der Waals surface area contributed by atoms with Gasteiger partial charge < -0.3 is 11.1 Å². The third kappa shape index (κ3) is 3.63. The Bertz CT molecular complexity index is 541. The third-order valence-corrected chi connectivity index (χ3v) is 7.72. The average molecular weight is 337 g/mol. The molecule has 1 heterocycles. The van der Waals surface area contributed by atoms with Gasteiger partial charge in [-0.25, -0.2) is 0 Å². The number of thioether (sulfide) groups is 2. The number of anilines is 1. The quantitative estimate of drug-likeness (QED) is 0.875. The summed E-state index contributed by atoms with van der Waals surface area (Å²) in [6.45, 7) is 2.01. The summed E-state index contributed by atoms with van der Waals surface area (Å²) >= 11 is 3.96. The molecule has 2 atom stereocenters. The average Bonchev–Trinajstić information content (AvgIpc) is 3.01. The van der Waals surface area contributed by atoms with E-state index in [0.29, 0.717) is 4.58 Å². The van der Waals surface area contributed by atoms with Gasteiger partial charge in [-0.05, 0) is 37.5 Å². The number of amides is 1. The van der Waals surface area contributed by atoms with Crippen LogP contribution in [0, 0.1) is 5.92 Å². The Morgan fingerprint density at radius 2 is 2.09 bits per heavy atom. The summed E-state index contributed by atoms with van der Waals surface area (Å²) in [7, 11) is 0. The van der Waals surface area contributed by atoms with E-state index in [1.54, 1.807) is 0 Å². The van der Waals surface area contributed by atoms with E-state index in [9.17, 15) is 4.79 Å². The summed E-state index contributed by atoms with van der Waals surface area (Å²) < 4.78 is 0.506. The first-order valence-corrected chi connectivity index (χ1v) is 10.1. The predicted octanol–water partition coefficient (Wildman–Crippen LogP) is 4.01. The van der Waals surface area contributed by atoms with E-state index in [-0.39, 0.29) is 17.4 Å². The van der Waals surface area contributed by atoms with Gasteiger partial charge in [0.05, 0.1) is 10.5 Å². The summed E-state index contributed by atoms with van der Waals surface area (Å²) in [5.74, 6) is 2.41. The number of carbonyl (C=O) groups excluding carboxylic acids is 1. The van der Waals surface area contributed by atoms with Gasteiger partial charge in [0.15, 0.2) is 0 Å². The Morgan fingerprint density at radius 1 is 1.32 bits per heavy atom. The van der Waals surface area contributed by atoms with Crippen LogP contribution in [0.2, 0.25) is 0 Å². The Labute approximate surface area is 141 Å². The molecular formula is C17H24N2OS2. The van der Waals surface area contributed by atoms with Gasteiger partial charge in [0.25, 0.3) is 0 Å². The van der Waals surface area contributed by atoms with Crippen LogP contribution in [-0.4, -0.2) is 23.0 Å². The van der Waals surface area contributed by atoms with Crippen LogP contribution < -0.4 is 11.1 Å². The summed E-state index contributed by atoms with van der Waals surface area (Å²) in [5, 5.41) is 3.09. The van der Waals surface area contributed by atoms with Crippen molar-refractivity contribution in [1.82, 2.24) is 0 Å². The number of nitrogens with two attached hydrogens (primary N) is 1. The molecule has 1 aliphatic carbocycles. The number of hydrogen-bond donors (Lipinski definition) is 2. The maximum absolute atomic E-state index is 12.6. The lowest BCUT2D eigenvalue weighted by Gasteiger charge is -2.37. The lowest BCUT2D eigenvalue weighted by atomic mass is 9.74. The van der Waals surface area contributed by atoms with Gasteiger partial charge in [-0.3, -0.25) is 4.79 Å².